The maximum absolute atomic E-state index is 10.8. The van der Waals surface area contributed by atoms with E-state index >= 15 is 0 Å². The fourth-order valence-corrected chi connectivity index (χ4v) is 1.71. The van der Waals surface area contributed by atoms with Crippen LogP contribution in [0.5, 0.6) is 0 Å². The van der Waals surface area contributed by atoms with E-state index in [9.17, 15) is 4.79 Å². The number of anilines is 1. The molecule has 0 aliphatic carbocycles. The largest absolute Gasteiger partial charge is 0.520 e. The second kappa shape index (κ2) is 3.49. The van der Waals surface area contributed by atoms with Crippen LogP contribution in [0.1, 0.15) is 12.2 Å². The van der Waals surface area contributed by atoms with Gasteiger partial charge in [-0.05, 0) is 13.3 Å². The number of hydrogen-bond donors (Lipinski definition) is 0. The fraction of sp³-hybridized carbons (Fsp3) is 0.667. The van der Waals surface area contributed by atoms with Gasteiger partial charge in [0.1, 0.15) is 0 Å². The maximum atomic E-state index is 10.8. The molecule has 77 valence electrons. The Morgan fingerprint density at radius 2 is 2.29 bits per heavy atom. The summed E-state index contributed by atoms with van der Waals surface area (Å²) >= 11 is 0. The van der Waals surface area contributed by atoms with Gasteiger partial charge >= 0.3 is 5.82 Å². The number of aryl methyl sites for hydroxylation is 1. The molecule has 0 bridgehead atoms. The van der Waals surface area contributed by atoms with Gasteiger partial charge in [0, 0.05) is 26.2 Å². The Hall–Kier alpha value is -1.23. The maximum Gasteiger partial charge on any atom is 0.520 e. The zero-order valence-corrected chi connectivity index (χ0v) is 8.32. The molecule has 0 spiro atoms. The van der Waals surface area contributed by atoms with E-state index in [0.717, 1.165) is 19.5 Å². The first-order valence-corrected chi connectivity index (χ1v) is 4.65. The molecule has 1 radical (unpaired) electrons. The van der Waals surface area contributed by atoms with Gasteiger partial charge in [-0.25, -0.2) is 10.1 Å². The first-order chi connectivity index (χ1) is 6.68. The summed E-state index contributed by atoms with van der Waals surface area (Å²) in [5.74, 6) is 0.417. The van der Waals surface area contributed by atoms with Crippen molar-refractivity contribution in [1.29, 1.82) is 0 Å². The highest BCUT2D eigenvalue weighted by atomic mass is 16.6. The molecule has 14 heavy (non-hydrogen) atoms. The first-order valence-electron chi connectivity index (χ1n) is 4.65. The lowest BCUT2D eigenvalue weighted by Gasteiger charge is -2.22. The number of likely N-dealkylation sites (N-methyl/N-ethyl adjacent to an activating group) is 1. The predicted molar refractivity (Wildman–Crippen MR) is 50.7 cm³/mol. The predicted octanol–water partition coefficient (Wildman–Crippen LogP) is 0.354. The van der Waals surface area contributed by atoms with Crippen molar-refractivity contribution in [3.8, 4) is 0 Å². The van der Waals surface area contributed by atoms with Gasteiger partial charge in [0.25, 0.3) is 0 Å². The van der Waals surface area contributed by atoms with E-state index in [1.807, 2.05) is 11.9 Å². The van der Waals surface area contributed by atoms with Crippen molar-refractivity contribution >= 4 is 5.88 Å². The van der Waals surface area contributed by atoms with E-state index in [1.165, 1.54) is 0 Å². The Morgan fingerprint density at radius 3 is 2.79 bits per heavy atom. The standard InChI is InChI=1S/C9H13N2O3/c1-6-8(14-9(12)13-6)11(2)7-3-4-10-5-7/h7H,3-5H2,1-2H3. The zero-order chi connectivity index (χ0) is 10.1. The van der Waals surface area contributed by atoms with Gasteiger partial charge in [-0.1, -0.05) is 0 Å². The SMILES string of the molecule is Cc1oc(=O)oc1N(C)C1CC[N]C1. The minimum atomic E-state index is -0.640. The Labute approximate surface area is 81.7 Å². The van der Waals surface area contributed by atoms with E-state index in [0.29, 0.717) is 17.7 Å². The molecule has 0 N–H and O–H groups in total. The smallest absolute Gasteiger partial charge is 0.394 e. The van der Waals surface area contributed by atoms with Crippen molar-refractivity contribution in [1.82, 2.24) is 5.32 Å². The molecule has 2 rings (SSSR count). The summed E-state index contributed by atoms with van der Waals surface area (Å²) < 4.78 is 9.75. The molecule has 1 aliphatic heterocycles. The van der Waals surface area contributed by atoms with Crippen LogP contribution < -0.4 is 16.0 Å². The lowest BCUT2D eigenvalue weighted by atomic mass is 10.2. The molecule has 1 aromatic rings. The molecule has 1 aromatic heterocycles. The van der Waals surface area contributed by atoms with Gasteiger partial charge in [0.15, 0.2) is 5.76 Å². The summed E-state index contributed by atoms with van der Waals surface area (Å²) in [6.45, 7) is 3.41. The zero-order valence-electron chi connectivity index (χ0n) is 8.32. The van der Waals surface area contributed by atoms with Gasteiger partial charge < -0.3 is 13.7 Å². The molecule has 0 amide bonds. The molecular weight excluding hydrogens is 184 g/mol. The van der Waals surface area contributed by atoms with Crippen LogP contribution in [0.15, 0.2) is 13.6 Å². The first kappa shape index (κ1) is 9.33. The molecule has 0 aromatic carbocycles. The quantitative estimate of drug-likeness (QED) is 0.686. The monoisotopic (exact) mass is 197 g/mol. The van der Waals surface area contributed by atoms with Crippen LogP contribution in [-0.2, 0) is 0 Å². The third-order valence-corrected chi connectivity index (χ3v) is 2.55. The Bertz CT molecular complexity index is 362. The summed E-state index contributed by atoms with van der Waals surface area (Å²) in [5, 5.41) is 4.26. The third kappa shape index (κ3) is 1.55. The van der Waals surface area contributed by atoms with Crippen LogP contribution in [-0.4, -0.2) is 26.2 Å². The van der Waals surface area contributed by atoms with Crippen LogP contribution >= 0.6 is 0 Å². The van der Waals surface area contributed by atoms with E-state index in [1.54, 1.807) is 6.92 Å². The van der Waals surface area contributed by atoms with Crippen LogP contribution in [0.4, 0.5) is 5.88 Å². The van der Waals surface area contributed by atoms with Crippen LogP contribution in [0, 0.1) is 6.92 Å². The van der Waals surface area contributed by atoms with E-state index in [-0.39, 0.29) is 0 Å². The van der Waals surface area contributed by atoms with Crippen molar-refractivity contribution in [2.45, 2.75) is 19.4 Å². The number of hydrogen-bond acceptors (Lipinski definition) is 4. The van der Waals surface area contributed by atoms with E-state index in [4.69, 9.17) is 8.83 Å². The highest BCUT2D eigenvalue weighted by molar-refractivity contribution is 5.38. The van der Waals surface area contributed by atoms with Crippen molar-refractivity contribution in [3.05, 3.63) is 16.4 Å². The highest BCUT2D eigenvalue weighted by Crippen LogP contribution is 2.21. The molecule has 2 heterocycles. The summed E-state index contributed by atoms with van der Waals surface area (Å²) in [7, 11) is 1.90. The second-order valence-electron chi connectivity index (χ2n) is 3.50. The molecule has 1 aliphatic rings. The average molecular weight is 197 g/mol. The van der Waals surface area contributed by atoms with Gasteiger partial charge in [-0.3, -0.25) is 0 Å². The molecular formula is C9H13N2O3. The summed E-state index contributed by atoms with van der Waals surface area (Å²) in [6.07, 6.45) is 1.00. The highest BCUT2D eigenvalue weighted by Gasteiger charge is 2.24. The van der Waals surface area contributed by atoms with Crippen molar-refractivity contribution in [2.75, 3.05) is 25.0 Å². The topological polar surface area (TPSA) is 60.7 Å². The Balaban J connectivity index is 2.21. The molecule has 1 saturated heterocycles. The summed E-state index contributed by atoms with van der Waals surface area (Å²) in [6, 6.07) is 0.328. The fourth-order valence-electron chi connectivity index (χ4n) is 1.71. The summed E-state index contributed by atoms with van der Waals surface area (Å²) in [4.78, 5) is 12.8. The van der Waals surface area contributed by atoms with Gasteiger partial charge in [-0.2, -0.15) is 0 Å². The average Bonchev–Trinajstić information content (AvgIpc) is 2.73. The molecule has 5 heteroatoms. The third-order valence-electron chi connectivity index (χ3n) is 2.55. The second-order valence-corrected chi connectivity index (χ2v) is 3.50. The van der Waals surface area contributed by atoms with Crippen molar-refractivity contribution in [2.24, 2.45) is 0 Å². The molecule has 1 fully saturated rings. The van der Waals surface area contributed by atoms with Crippen molar-refractivity contribution < 1.29 is 8.83 Å². The molecule has 1 unspecified atom stereocenters. The number of rotatable bonds is 2. The Kier molecular flexibility index (Phi) is 2.33. The number of nitrogens with zero attached hydrogens (tertiary/aromatic N) is 2. The molecule has 1 atom stereocenters. The van der Waals surface area contributed by atoms with Crippen molar-refractivity contribution in [3.63, 3.8) is 0 Å². The minimum Gasteiger partial charge on any atom is -0.394 e. The minimum absolute atomic E-state index is 0.328. The molecule has 0 saturated carbocycles. The van der Waals surface area contributed by atoms with Gasteiger partial charge in [-0.15, -0.1) is 0 Å². The Morgan fingerprint density at radius 1 is 1.50 bits per heavy atom. The lowest BCUT2D eigenvalue weighted by molar-refractivity contribution is 0.377. The molecule has 5 nitrogen and oxygen atoms in total. The van der Waals surface area contributed by atoms with Gasteiger partial charge in [0.2, 0.25) is 5.88 Å². The summed E-state index contributed by atoms with van der Waals surface area (Å²) in [5.41, 5.74) is 0. The normalized spacial score (nSPS) is 21.4. The van der Waals surface area contributed by atoms with E-state index in [2.05, 4.69) is 5.32 Å². The van der Waals surface area contributed by atoms with E-state index < -0.39 is 5.82 Å². The van der Waals surface area contributed by atoms with Crippen LogP contribution in [0.3, 0.4) is 0 Å². The lowest BCUT2D eigenvalue weighted by Crippen LogP contribution is -2.32. The van der Waals surface area contributed by atoms with Gasteiger partial charge in [0.05, 0.1) is 0 Å². The van der Waals surface area contributed by atoms with Crippen LogP contribution in [0.2, 0.25) is 0 Å². The van der Waals surface area contributed by atoms with Crippen LogP contribution in [0.25, 0.3) is 0 Å².